The molecule has 13 heavy (non-hydrogen) atoms. The molecule has 1 unspecified atom stereocenters. The molecule has 1 aromatic rings. The second-order valence-electron chi connectivity index (χ2n) is 3.98. The van der Waals surface area contributed by atoms with Gasteiger partial charge in [-0.05, 0) is 30.4 Å². The quantitative estimate of drug-likeness (QED) is 0.676. The van der Waals surface area contributed by atoms with Gasteiger partial charge in [-0.15, -0.1) is 0 Å². The molecule has 0 saturated carbocycles. The van der Waals surface area contributed by atoms with Crippen LogP contribution in [0.4, 0.5) is 0 Å². The highest BCUT2D eigenvalue weighted by Crippen LogP contribution is 2.19. The van der Waals surface area contributed by atoms with Crippen molar-refractivity contribution in [3.8, 4) is 0 Å². The Hall–Kier alpha value is -0.430. The van der Waals surface area contributed by atoms with Crippen molar-refractivity contribution in [3.63, 3.8) is 0 Å². The van der Waals surface area contributed by atoms with Crippen LogP contribution >= 0.6 is 12.6 Å². The highest BCUT2D eigenvalue weighted by Gasteiger charge is 2.01. The van der Waals surface area contributed by atoms with E-state index in [9.17, 15) is 0 Å². The lowest BCUT2D eigenvalue weighted by Crippen LogP contribution is -1.94. The van der Waals surface area contributed by atoms with Gasteiger partial charge in [0, 0.05) is 5.25 Å². The predicted octanol–water partition coefficient (Wildman–Crippen LogP) is 4.14. The SMILES string of the molecule is CC(C)Cc1ccc(C(C)[S])cc1. The minimum absolute atomic E-state index is 0.230. The summed E-state index contributed by atoms with van der Waals surface area (Å²) in [4.78, 5) is 0. The first-order valence-corrected chi connectivity index (χ1v) is 5.31. The summed E-state index contributed by atoms with van der Waals surface area (Å²) < 4.78 is 0. The Bertz CT molecular complexity index is 246. The number of hydrogen-bond donors (Lipinski definition) is 0. The lowest BCUT2D eigenvalue weighted by molar-refractivity contribution is 0.647. The summed E-state index contributed by atoms with van der Waals surface area (Å²) in [6.45, 7) is 6.53. The third-order valence-corrected chi connectivity index (χ3v) is 2.37. The Labute approximate surface area is 86.8 Å². The van der Waals surface area contributed by atoms with E-state index in [2.05, 4.69) is 38.1 Å². The van der Waals surface area contributed by atoms with E-state index < -0.39 is 0 Å². The van der Waals surface area contributed by atoms with Gasteiger partial charge < -0.3 is 0 Å². The van der Waals surface area contributed by atoms with E-state index in [0.717, 1.165) is 12.3 Å². The van der Waals surface area contributed by atoms with E-state index in [-0.39, 0.29) is 5.25 Å². The zero-order valence-electron chi connectivity index (χ0n) is 8.58. The Morgan fingerprint density at radius 2 is 1.62 bits per heavy atom. The van der Waals surface area contributed by atoms with Crippen LogP contribution in [-0.2, 0) is 6.42 Å². The van der Waals surface area contributed by atoms with Gasteiger partial charge >= 0.3 is 0 Å². The molecule has 0 aliphatic rings. The molecule has 71 valence electrons. The van der Waals surface area contributed by atoms with Crippen LogP contribution in [0.3, 0.4) is 0 Å². The highest BCUT2D eigenvalue weighted by molar-refractivity contribution is 7.80. The lowest BCUT2D eigenvalue weighted by atomic mass is 10.0. The molecular weight excluding hydrogens is 176 g/mol. The summed E-state index contributed by atoms with van der Waals surface area (Å²) in [7, 11) is 0. The monoisotopic (exact) mass is 193 g/mol. The van der Waals surface area contributed by atoms with E-state index in [0.29, 0.717) is 0 Å². The van der Waals surface area contributed by atoms with Crippen LogP contribution in [0.25, 0.3) is 0 Å². The lowest BCUT2D eigenvalue weighted by Gasteiger charge is -2.07. The zero-order valence-corrected chi connectivity index (χ0v) is 9.40. The van der Waals surface area contributed by atoms with Gasteiger partial charge in [0.05, 0.1) is 0 Å². The first kappa shape index (κ1) is 10.6. The van der Waals surface area contributed by atoms with Crippen LogP contribution in [0.2, 0.25) is 0 Å². The summed E-state index contributed by atoms with van der Waals surface area (Å²) >= 11 is 5.18. The Morgan fingerprint density at radius 1 is 1.08 bits per heavy atom. The van der Waals surface area contributed by atoms with Crippen molar-refractivity contribution in [2.24, 2.45) is 5.92 Å². The smallest absolute Gasteiger partial charge is 0.0373 e. The maximum atomic E-state index is 5.18. The van der Waals surface area contributed by atoms with Gasteiger partial charge in [-0.2, -0.15) is 0 Å². The molecule has 1 radical (unpaired) electrons. The summed E-state index contributed by atoms with van der Waals surface area (Å²) in [5, 5.41) is 0.230. The van der Waals surface area contributed by atoms with E-state index in [1.165, 1.54) is 11.1 Å². The molecular formula is C12H17S. The summed E-state index contributed by atoms with van der Waals surface area (Å²) in [5.74, 6) is 0.728. The molecule has 0 aliphatic carbocycles. The van der Waals surface area contributed by atoms with Crippen LogP contribution < -0.4 is 0 Å². The van der Waals surface area contributed by atoms with Gasteiger partial charge in [0.25, 0.3) is 0 Å². The second-order valence-corrected chi connectivity index (χ2v) is 4.69. The van der Waals surface area contributed by atoms with E-state index in [1.54, 1.807) is 0 Å². The van der Waals surface area contributed by atoms with Crippen molar-refractivity contribution >= 4 is 12.6 Å². The molecule has 0 heterocycles. The Balaban J connectivity index is 2.70. The molecule has 0 spiro atoms. The normalized spacial score (nSPS) is 13.3. The van der Waals surface area contributed by atoms with Crippen LogP contribution in [-0.4, -0.2) is 0 Å². The molecule has 0 amide bonds. The molecule has 0 aromatic heterocycles. The molecule has 0 N–H and O–H groups in total. The maximum Gasteiger partial charge on any atom is 0.0373 e. The van der Waals surface area contributed by atoms with Crippen molar-refractivity contribution in [2.75, 3.05) is 0 Å². The standard InChI is InChI=1S/C12H17S/c1-9(2)8-11-4-6-12(7-5-11)10(3)13/h4-7,9-10H,8H2,1-3H3. The second kappa shape index (κ2) is 4.71. The molecule has 0 nitrogen and oxygen atoms in total. The molecule has 0 saturated heterocycles. The average molecular weight is 193 g/mol. The van der Waals surface area contributed by atoms with Gasteiger partial charge in [0.2, 0.25) is 0 Å². The number of benzene rings is 1. The van der Waals surface area contributed by atoms with Crippen molar-refractivity contribution < 1.29 is 0 Å². The number of rotatable bonds is 3. The van der Waals surface area contributed by atoms with Gasteiger partial charge in [-0.25, -0.2) is 0 Å². The van der Waals surface area contributed by atoms with E-state index >= 15 is 0 Å². The molecule has 1 heteroatoms. The van der Waals surface area contributed by atoms with Crippen molar-refractivity contribution in [1.82, 2.24) is 0 Å². The third-order valence-electron chi connectivity index (χ3n) is 2.09. The summed E-state index contributed by atoms with van der Waals surface area (Å²) in [6, 6.07) is 8.68. The van der Waals surface area contributed by atoms with Crippen molar-refractivity contribution in [2.45, 2.75) is 32.4 Å². The van der Waals surface area contributed by atoms with Crippen LogP contribution in [0.1, 0.15) is 37.1 Å². The first-order valence-electron chi connectivity index (χ1n) is 4.84. The zero-order chi connectivity index (χ0) is 9.84. The third kappa shape index (κ3) is 3.43. The van der Waals surface area contributed by atoms with Gasteiger partial charge in [0.1, 0.15) is 0 Å². The molecule has 1 atom stereocenters. The topological polar surface area (TPSA) is 0 Å². The summed E-state index contributed by atoms with van der Waals surface area (Å²) in [5.41, 5.74) is 2.66. The molecule has 0 aliphatic heterocycles. The highest BCUT2D eigenvalue weighted by atomic mass is 32.1. The molecule has 1 aromatic carbocycles. The molecule has 0 fully saturated rings. The van der Waals surface area contributed by atoms with Gasteiger partial charge in [-0.1, -0.05) is 50.7 Å². The van der Waals surface area contributed by atoms with E-state index in [4.69, 9.17) is 12.6 Å². The Kier molecular flexibility index (Phi) is 3.86. The maximum absolute atomic E-state index is 5.18. The van der Waals surface area contributed by atoms with Gasteiger partial charge in [-0.3, -0.25) is 0 Å². The van der Waals surface area contributed by atoms with Crippen molar-refractivity contribution in [1.29, 1.82) is 0 Å². The minimum Gasteiger partial charge on any atom is -0.0856 e. The van der Waals surface area contributed by atoms with Crippen LogP contribution in [0, 0.1) is 5.92 Å². The minimum atomic E-state index is 0.230. The fraction of sp³-hybridized carbons (Fsp3) is 0.500. The fourth-order valence-electron chi connectivity index (χ4n) is 1.40. The fourth-order valence-corrected chi connectivity index (χ4v) is 1.55. The summed E-state index contributed by atoms with van der Waals surface area (Å²) in [6.07, 6.45) is 1.16. The van der Waals surface area contributed by atoms with E-state index in [1.807, 2.05) is 6.92 Å². The largest absolute Gasteiger partial charge is 0.0856 e. The first-order chi connectivity index (χ1) is 6.09. The van der Waals surface area contributed by atoms with Crippen LogP contribution in [0.15, 0.2) is 24.3 Å². The average Bonchev–Trinajstić information content (AvgIpc) is 2.04. The number of hydrogen-bond acceptors (Lipinski definition) is 0. The molecule has 1 rings (SSSR count). The van der Waals surface area contributed by atoms with Crippen LogP contribution in [0.5, 0.6) is 0 Å². The van der Waals surface area contributed by atoms with Gasteiger partial charge in [0.15, 0.2) is 0 Å². The molecule has 0 bridgehead atoms. The predicted molar refractivity (Wildman–Crippen MR) is 61.0 cm³/mol. The van der Waals surface area contributed by atoms with Crippen molar-refractivity contribution in [3.05, 3.63) is 35.4 Å². The Morgan fingerprint density at radius 3 is 2.00 bits per heavy atom.